The highest BCUT2D eigenvalue weighted by Gasteiger charge is 2.19. The molecule has 0 bridgehead atoms. The summed E-state index contributed by atoms with van der Waals surface area (Å²) in [6.45, 7) is 5.20. The van der Waals surface area contributed by atoms with Gasteiger partial charge in [0.05, 0.1) is 24.8 Å². The summed E-state index contributed by atoms with van der Waals surface area (Å²) in [4.78, 5) is 12.4. The van der Waals surface area contributed by atoms with Crippen LogP contribution in [0.1, 0.15) is 49.9 Å². The Morgan fingerprint density at radius 3 is 2.92 bits per heavy atom. The van der Waals surface area contributed by atoms with Crippen LogP contribution in [0.3, 0.4) is 0 Å². The second kappa shape index (κ2) is 9.14. The summed E-state index contributed by atoms with van der Waals surface area (Å²) in [5.74, 6) is 0.754. The van der Waals surface area contributed by atoms with E-state index in [-0.39, 0.29) is 11.9 Å². The van der Waals surface area contributed by atoms with Gasteiger partial charge in [-0.3, -0.25) is 4.79 Å². The van der Waals surface area contributed by atoms with Crippen molar-refractivity contribution >= 4 is 17.5 Å². The minimum Gasteiger partial charge on any atom is -0.493 e. The molecule has 2 rings (SSSR count). The third kappa shape index (κ3) is 5.02. The van der Waals surface area contributed by atoms with E-state index in [2.05, 4.69) is 5.32 Å². The molecule has 1 aromatic rings. The molecule has 1 aromatic carbocycles. The largest absolute Gasteiger partial charge is 0.493 e. The predicted molar refractivity (Wildman–Crippen MR) is 94.3 cm³/mol. The Kier molecular flexibility index (Phi) is 7.18. The molecule has 1 aliphatic rings. The molecule has 134 valence electrons. The Labute approximate surface area is 148 Å². The lowest BCUT2D eigenvalue weighted by Gasteiger charge is -2.17. The Morgan fingerprint density at radius 2 is 2.29 bits per heavy atom. The lowest BCUT2D eigenvalue weighted by molar-refractivity contribution is 0.0899. The number of benzene rings is 1. The first-order chi connectivity index (χ1) is 11.5. The summed E-state index contributed by atoms with van der Waals surface area (Å²) in [5.41, 5.74) is 0.462. The van der Waals surface area contributed by atoms with E-state index in [1.165, 1.54) is 7.11 Å². The maximum atomic E-state index is 12.4. The fourth-order valence-electron chi connectivity index (χ4n) is 2.82. The van der Waals surface area contributed by atoms with Crippen molar-refractivity contribution in [1.29, 1.82) is 0 Å². The molecular formula is C18H26ClNO4. The third-order valence-corrected chi connectivity index (χ3v) is 4.38. The van der Waals surface area contributed by atoms with Crippen molar-refractivity contribution in [1.82, 2.24) is 5.32 Å². The highest BCUT2D eigenvalue weighted by Crippen LogP contribution is 2.36. The molecule has 1 saturated heterocycles. The monoisotopic (exact) mass is 355 g/mol. The minimum absolute atomic E-state index is 0.0676. The molecule has 6 heteroatoms. The average molecular weight is 356 g/mol. The zero-order valence-electron chi connectivity index (χ0n) is 14.6. The van der Waals surface area contributed by atoms with Crippen LogP contribution >= 0.6 is 11.6 Å². The number of amides is 1. The molecule has 2 unspecified atom stereocenters. The molecule has 0 aromatic heterocycles. The molecule has 5 nitrogen and oxygen atoms in total. The van der Waals surface area contributed by atoms with E-state index in [0.29, 0.717) is 34.8 Å². The summed E-state index contributed by atoms with van der Waals surface area (Å²) in [7, 11) is 1.53. The number of carbonyl (C=O) groups excluding carboxylic acids is 1. The Balaban J connectivity index is 1.96. The molecule has 0 saturated carbocycles. The number of hydrogen-bond acceptors (Lipinski definition) is 4. The van der Waals surface area contributed by atoms with Crippen LogP contribution in [-0.2, 0) is 4.74 Å². The van der Waals surface area contributed by atoms with Gasteiger partial charge >= 0.3 is 0 Å². The molecular weight excluding hydrogens is 330 g/mol. The van der Waals surface area contributed by atoms with Gasteiger partial charge in [0, 0.05) is 18.2 Å². The maximum absolute atomic E-state index is 12.4. The van der Waals surface area contributed by atoms with E-state index in [0.717, 1.165) is 32.3 Å². The van der Waals surface area contributed by atoms with Crippen LogP contribution in [0, 0.1) is 0 Å². The van der Waals surface area contributed by atoms with Gasteiger partial charge in [0.15, 0.2) is 11.5 Å². The Bertz CT molecular complexity index is 558. The smallest absolute Gasteiger partial charge is 0.251 e. The zero-order valence-corrected chi connectivity index (χ0v) is 15.3. The minimum atomic E-state index is -0.168. The van der Waals surface area contributed by atoms with Crippen molar-refractivity contribution in [3.05, 3.63) is 22.7 Å². The Hall–Kier alpha value is -1.46. The number of ether oxygens (including phenoxy) is 3. The molecule has 1 N–H and O–H groups in total. The summed E-state index contributed by atoms with van der Waals surface area (Å²) in [5, 5.41) is 3.37. The van der Waals surface area contributed by atoms with E-state index in [4.69, 9.17) is 25.8 Å². The number of rotatable bonds is 8. The van der Waals surface area contributed by atoms with E-state index < -0.39 is 0 Å². The van der Waals surface area contributed by atoms with Crippen LogP contribution in [0.15, 0.2) is 12.1 Å². The van der Waals surface area contributed by atoms with Crippen LogP contribution in [0.2, 0.25) is 5.02 Å². The van der Waals surface area contributed by atoms with Gasteiger partial charge in [-0.05, 0) is 51.7 Å². The van der Waals surface area contributed by atoms with Gasteiger partial charge in [0.25, 0.3) is 5.91 Å². The normalized spacial score (nSPS) is 18.2. The lowest BCUT2D eigenvalue weighted by atomic mass is 10.1. The van der Waals surface area contributed by atoms with Crippen LogP contribution in [0.25, 0.3) is 0 Å². The summed E-state index contributed by atoms with van der Waals surface area (Å²) >= 11 is 6.22. The molecule has 24 heavy (non-hydrogen) atoms. The SMILES string of the molecule is CCOc1c(Cl)cc(C(=O)NC(C)CCC2CCCO2)cc1OC. The predicted octanol–water partition coefficient (Wildman–Crippen LogP) is 3.82. The lowest BCUT2D eigenvalue weighted by Crippen LogP contribution is -2.33. The molecule has 0 radical (unpaired) electrons. The van der Waals surface area contributed by atoms with Gasteiger partial charge < -0.3 is 19.5 Å². The number of methoxy groups -OCH3 is 1. The molecule has 2 atom stereocenters. The standard InChI is InChI=1S/C18H26ClNO4/c1-4-23-17-15(19)10-13(11-16(17)22-3)18(21)20-12(2)7-8-14-6-5-9-24-14/h10-12,14H,4-9H2,1-3H3,(H,20,21). The first-order valence-corrected chi connectivity index (χ1v) is 8.85. The van der Waals surface area contributed by atoms with Crippen molar-refractivity contribution < 1.29 is 19.0 Å². The van der Waals surface area contributed by atoms with Gasteiger partial charge in [0.2, 0.25) is 0 Å². The van der Waals surface area contributed by atoms with Crippen molar-refractivity contribution in [3.8, 4) is 11.5 Å². The van der Waals surface area contributed by atoms with Crippen molar-refractivity contribution in [2.75, 3.05) is 20.3 Å². The van der Waals surface area contributed by atoms with Crippen molar-refractivity contribution in [3.63, 3.8) is 0 Å². The third-order valence-electron chi connectivity index (χ3n) is 4.10. The fraction of sp³-hybridized carbons (Fsp3) is 0.611. The topological polar surface area (TPSA) is 56.8 Å². The molecule has 0 spiro atoms. The summed E-state index contributed by atoms with van der Waals surface area (Å²) < 4.78 is 16.4. The summed E-state index contributed by atoms with van der Waals surface area (Å²) in [6, 6.07) is 3.33. The first kappa shape index (κ1) is 18.9. The summed E-state index contributed by atoms with van der Waals surface area (Å²) in [6.07, 6.45) is 4.44. The number of nitrogens with one attached hydrogen (secondary N) is 1. The molecule has 1 heterocycles. The zero-order chi connectivity index (χ0) is 17.5. The van der Waals surface area contributed by atoms with Gasteiger partial charge in [-0.15, -0.1) is 0 Å². The average Bonchev–Trinajstić information content (AvgIpc) is 3.08. The molecule has 1 aliphatic heterocycles. The van der Waals surface area contributed by atoms with Gasteiger partial charge in [-0.1, -0.05) is 11.6 Å². The van der Waals surface area contributed by atoms with Crippen LogP contribution < -0.4 is 14.8 Å². The second-order valence-corrected chi connectivity index (χ2v) is 6.42. The maximum Gasteiger partial charge on any atom is 0.251 e. The molecule has 1 amide bonds. The quantitative estimate of drug-likeness (QED) is 0.770. The first-order valence-electron chi connectivity index (χ1n) is 8.48. The van der Waals surface area contributed by atoms with Gasteiger partial charge in [-0.25, -0.2) is 0 Å². The molecule has 0 aliphatic carbocycles. The number of halogens is 1. The highest BCUT2D eigenvalue weighted by molar-refractivity contribution is 6.32. The van der Waals surface area contributed by atoms with Gasteiger partial charge in [-0.2, -0.15) is 0 Å². The van der Waals surface area contributed by atoms with E-state index in [9.17, 15) is 4.79 Å². The molecule has 1 fully saturated rings. The Morgan fingerprint density at radius 1 is 1.50 bits per heavy atom. The highest BCUT2D eigenvalue weighted by atomic mass is 35.5. The van der Waals surface area contributed by atoms with E-state index in [1.807, 2.05) is 13.8 Å². The fourth-order valence-corrected chi connectivity index (χ4v) is 3.09. The van der Waals surface area contributed by atoms with Crippen LogP contribution in [-0.4, -0.2) is 38.4 Å². The van der Waals surface area contributed by atoms with Crippen molar-refractivity contribution in [2.24, 2.45) is 0 Å². The second-order valence-electron chi connectivity index (χ2n) is 6.01. The van der Waals surface area contributed by atoms with Crippen LogP contribution in [0.5, 0.6) is 11.5 Å². The van der Waals surface area contributed by atoms with Crippen LogP contribution in [0.4, 0.5) is 0 Å². The van der Waals surface area contributed by atoms with Crippen molar-refractivity contribution in [2.45, 2.75) is 51.7 Å². The van der Waals surface area contributed by atoms with E-state index in [1.54, 1.807) is 12.1 Å². The number of carbonyl (C=O) groups is 1. The van der Waals surface area contributed by atoms with E-state index >= 15 is 0 Å². The number of hydrogen-bond donors (Lipinski definition) is 1. The van der Waals surface area contributed by atoms with Gasteiger partial charge in [0.1, 0.15) is 0 Å².